The highest BCUT2D eigenvalue weighted by molar-refractivity contribution is 5.50. The molecule has 0 aromatic heterocycles. The first kappa shape index (κ1) is 10.6. The molecule has 0 aliphatic rings. The van der Waals surface area contributed by atoms with Crippen LogP contribution in [0.2, 0.25) is 0 Å². The third-order valence-electron chi connectivity index (χ3n) is 2.42. The summed E-state index contributed by atoms with van der Waals surface area (Å²) < 4.78 is 0. The molecule has 0 heterocycles. The van der Waals surface area contributed by atoms with E-state index in [9.17, 15) is 0 Å². The summed E-state index contributed by atoms with van der Waals surface area (Å²) in [5, 5.41) is 3.33. The molecule has 0 fully saturated rings. The SMILES string of the molecule is Nc1[c]cc(NCCc2ccccc2)cc1. The first-order chi connectivity index (χ1) is 7.84. The first-order valence-electron chi connectivity index (χ1n) is 5.39. The molecule has 2 heteroatoms. The fourth-order valence-corrected chi connectivity index (χ4v) is 1.54. The molecule has 3 N–H and O–H groups in total. The van der Waals surface area contributed by atoms with Gasteiger partial charge >= 0.3 is 0 Å². The van der Waals surface area contributed by atoms with Crippen LogP contribution in [0.1, 0.15) is 5.56 Å². The van der Waals surface area contributed by atoms with Crippen molar-refractivity contribution in [2.45, 2.75) is 6.42 Å². The zero-order valence-corrected chi connectivity index (χ0v) is 9.11. The maximum Gasteiger partial charge on any atom is 0.0396 e. The quantitative estimate of drug-likeness (QED) is 0.763. The number of nitrogens with one attached hydrogen (secondary N) is 1. The standard InChI is InChI=1S/C14H15N2/c15-13-6-8-14(9-7-13)16-11-10-12-4-2-1-3-5-12/h1-6,8-9,16H,10-11,15H2. The van der Waals surface area contributed by atoms with Crippen molar-refractivity contribution in [1.29, 1.82) is 0 Å². The average molecular weight is 211 g/mol. The number of anilines is 2. The summed E-state index contributed by atoms with van der Waals surface area (Å²) in [6.45, 7) is 0.918. The second-order valence-electron chi connectivity index (χ2n) is 3.70. The number of rotatable bonds is 4. The summed E-state index contributed by atoms with van der Waals surface area (Å²) in [4.78, 5) is 0. The minimum absolute atomic E-state index is 0.675. The number of nitrogens with two attached hydrogens (primary N) is 1. The largest absolute Gasteiger partial charge is 0.398 e. The molecule has 0 aliphatic heterocycles. The van der Waals surface area contributed by atoms with Crippen molar-refractivity contribution in [3.05, 3.63) is 60.2 Å². The lowest BCUT2D eigenvalue weighted by molar-refractivity contribution is 1.02. The van der Waals surface area contributed by atoms with E-state index in [4.69, 9.17) is 5.73 Å². The molecule has 0 bridgehead atoms. The van der Waals surface area contributed by atoms with Crippen LogP contribution < -0.4 is 11.1 Å². The molecule has 2 rings (SSSR count). The van der Waals surface area contributed by atoms with Gasteiger partial charge in [-0.25, -0.2) is 0 Å². The Morgan fingerprint density at radius 2 is 1.88 bits per heavy atom. The van der Waals surface area contributed by atoms with Crippen molar-refractivity contribution in [1.82, 2.24) is 0 Å². The third kappa shape index (κ3) is 3.02. The lowest BCUT2D eigenvalue weighted by Crippen LogP contribution is -2.04. The molecule has 0 aliphatic carbocycles. The van der Waals surface area contributed by atoms with Crippen molar-refractivity contribution < 1.29 is 0 Å². The van der Waals surface area contributed by atoms with Crippen LogP contribution >= 0.6 is 0 Å². The van der Waals surface area contributed by atoms with Gasteiger partial charge < -0.3 is 11.1 Å². The summed E-state index contributed by atoms with van der Waals surface area (Å²) in [7, 11) is 0. The number of hydrogen-bond acceptors (Lipinski definition) is 2. The summed E-state index contributed by atoms with van der Waals surface area (Å²) in [6, 6.07) is 19.1. The Hall–Kier alpha value is -1.96. The fourth-order valence-electron chi connectivity index (χ4n) is 1.54. The minimum Gasteiger partial charge on any atom is -0.398 e. The fraction of sp³-hybridized carbons (Fsp3) is 0.143. The summed E-state index contributed by atoms with van der Waals surface area (Å²) in [5.74, 6) is 0. The minimum atomic E-state index is 0.675. The van der Waals surface area contributed by atoms with E-state index in [1.165, 1.54) is 5.56 Å². The van der Waals surface area contributed by atoms with Crippen LogP contribution in [0.5, 0.6) is 0 Å². The maximum atomic E-state index is 5.56. The molecule has 16 heavy (non-hydrogen) atoms. The number of nitrogen functional groups attached to an aromatic ring is 1. The van der Waals surface area contributed by atoms with Crippen molar-refractivity contribution in [3.63, 3.8) is 0 Å². The Morgan fingerprint density at radius 1 is 1.06 bits per heavy atom. The van der Waals surface area contributed by atoms with Gasteiger partial charge in [-0.2, -0.15) is 0 Å². The van der Waals surface area contributed by atoms with Crippen LogP contribution in [0, 0.1) is 6.07 Å². The molecule has 2 aromatic carbocycles. The molecule has 0 saturated heterocycles. The van der Waals surface area contributed by atoms with E-state index in [0.717, 1.165) is 18.7 Å². The van der Waals surface area contributed by atoms with Crippen molar-refractivity contribution in [2.75, 3.05) is 17.6 Å². The summed E-state index contributed by atoms with van der Waals surface area (Å²) >= 11 is 0. The molecular weight excluding hydrogens is 196 g/mol. The predicted molar refractivity (Wildman–Crippen MR) is 68.3 cm³/mol. The van der Waals surface area contributed by atoms with E-state index >= 15 is 0 Å². The lowest BCUT2D eigenvalue weighted by atomic mass is 10.1. The van der Waals surface area contributed by atoms with E-state index in [1.54, 1.807) is 0 Å². The van der Waals surface area contributed by atoms with Gasteiger partial charge in [-0.3, -0.25) is 0 Å². The van der Waals surface area contributed by atoms with E-state index < -0.39 is 0 Å². The highest BCUT2D eigenvalue weighted by Crippen LogP contribution is 2.09. The van der Waals surface area contributed by atoms with E-state index in [1.807, 2.05) is 24.3 Å². The Morgan fingerprint density at radius 3 is 2.56 bits per heavy atom. The van der Waals surface area contributed by atoms with Gasteiger partial charge in [0.25, 0.3) is 0 Å². The van der Waals surface area contributed by atoms with Crippen molar-refractivity contribution in [2.24, 2.45) is 0 Å². The Labute approximate surface area is 96.1 Å². The molecule has 1 radical (unpaired) electrons. The molecule has 0 amide bonds. The van der Waals surface area contributed by atoms with Gasteiger partial charge in [0, 0.05) is 24.0 Å². The second kappa shape index (κ2) is 5.21. The maximum absolute atomic E-state index is 5.56. The van der Waals surface area contributed by atoms with Crippen LogP contribution in [0.15, 0.2) is 48.5 Å². The zero-order chi connectivity index (χ0) is 11.2. The smallest absolute Gasteiger partial charge is 0.0396 e. The number of hydrogen-bond donors (Lipinski definition) is 2. The topological polar surface area (TPSA) is 38.0 Å². The van der Waals surface area contributed by atoms with Gasteiger partial charge in [-0.1, -0.05) is 30.3 Å². The summed E-state index contributed by atoms with van der Waals surface area (Å²) in [5.41, 5.74) is 8.64. The van der Waals surface area contributed by atoms with E-state index in [-0.39, 0.29) is 0 Å². The molecule has 2 aromatic rings. The Balaban J connectivity index is 1.82. The monoisotopic (exact) mass is 211 g/mol. The van der Waals surface area contributed by atoms with Gasteiger partial charge in [0.15, 0.2) is 0 Å². The van der Waals surface area contributed by atoms with Crippen LogP contribution in [0.3, 0.4) is 0 Å². The van der Waals surface area contributed by atoms with Crippen LogP contribution in [-0.4, -0.2) is 6.54 Å². The lowest BCUT2D eigenvalue weighted by Gasteiger charge is -2.06. The van der Waals surface area contributed by atoms with Gasteiger partial charge in [0.2, 0.25) is 0 Å². The average Bonchev–Trinajstić information content (AvgIpc) is 2.33. The van der Waals surface area contributed by atoms with Crippen LogP contribution in [0.25, 0.3) is 0 Å². The molecule has 2 nitrogen and oxygen atoms in total. The zero-order valence-electron chi connectivity index (χ0n) is 9.11. The Kier molecular flexibility index (Phi) is 3.44. The molecule has 0 atom stereocenters. The third-order valence-corrected chi connectivity index (χ3v) is 2.42. The molecule has 0 saturated carbocycles. The normalized spacial score (nSPS) is 10.0. The molecular formula is C14H15N2. The first-order valence-corrected chi connectivity index (χ1v) is 5.39. The molecule has 0 spiro atoms. The van der Waals surface area contributed by atoms with Crippen molar-refractivity contribution in [3.8, 4) is 0 Å². The van der Waals surface area contributed by atoms with Gasteiger partial charge in [-0.15, -0.1) is 0 Å². The van der Waals surface area contributed by atoms with E-state index in [0.29, 0.717) is 5.69 Å². The highest BCUT2D eigenvalue weighted by atomic mass is 14.9. The predicted octanol–water partition coefficient (Wildman–Crippen LogP) is 2.72. The Bertz CT molecular complexity index is 420. The van der Waals surface area contributed by atoms with Crippen molar-refractivity contribution >= 4 is 11.4 Å². The highest BCUT2D eigenvalue weighted by Gasteiger charge is 1.93. The number of benzene rings is 2. The van der Waals surface area contributed by atoms with E-state index in [2.05, 4.69) is 35.6 Å². The van der Waals surface area contributed by atoms with Gasteiger partial charge in [-0.05, 0) is 30.2 Å². The van der Waals surface area contributed by atoms with Gasteiger partial charge in [0.1, 0.15) is 0 Å². The van der Waals surface area contributed by atoms with Crippen LogP contribution in [-0.2, 0) is 6.42 Å². The summed E-state index contributed by atoms with van der Waals surface area (Å²) in [6.07, 6.45) is 1.02. The molecule has 81 valence electrons. The molecule has 0 unspecified atom stereocenters. The second-order valence-corrected chi connectivity index (χ2v) is 3.70. The van der Waals surface area contributed by atoms with Gasteiger partial charge in [0.05, 0.1) is 0 Å². The van der Waals surface area contributed by atoms with Crippen LogP contribution in [0.4, 0.5) is 11.4 Å².